The quantitative estimate of drug-likeness (QED) is 0.948. The zero-order chi connectivity index (χ0) is 13.1. The summed E-state index contributed by atoms with van der Waals surface area (Å²) in [6.45, 7) is 4.02. The molecule has 0 aliphatic rings. The lowest BCUT2D eigenvalue weighted by Crippen LogP contribution is -2.14. The molecule has 0 unspecified atom stereocenters. The molecule has 2 rings (SSSR count). The van der Waals surface area contributed by atoms with E-state index in [-0.39, 0.29) is 5.56 Å². The topological polar surface area (TPSA) is 58.6 Å². The molecule has 0 atom stereocenters. The summed E-state index contributed by atoms with van der Waals surface area (Å²) in [6.07, 6.45) is 3.26. The highest BCUT2D eigenvalue weighted by Gasteiger charge is 2.12. The summed E-state index contributed by atoms with van der Waals surface area (Å²) >= 11 is 3.26. The van der Waals surface area contributed by atoms with Gasteiger partial charge < -0.3 is 4.98 Å². The third kappa shape index (κ3) is 2.36. The minimum atomic E-state index is -0.162. The normalized spacial score (nSPS) is 10.6. The maximum Gasteiger partial charge on any atom is 0.265 e. The summed E-state index contributed by atoms with van der Waals surface area (Å²) in [4.78, 5) is 23.4. The second kappa shape index (κ2) is 5.44. The number of hydrogen-bond donors (Lipinski definition) is 1. The first-order valence-corrected chi connectivity index (χ1v) is 6.69. The second-order valence-electron chi connectivity index (χ2n) is 3.89. The molecule has 1 N–H and O–H groups in total. The van der Waals surface area contributed by atoms with Crippen molar-refractivity contribution >= 4 is 15.9 Å². The maximum atomic E-state index is 11.8. The standard InChI is InChI=1S/C13H14BrN3O/c1-3-8-6-5-7-15-11(8)12-16-9(4-2)10(14)13(18)17-12/h5-7H,3-4H2,1-2H3,(H,16,17,18). The minimum absolute atomic E-state index is 0.162. The Bertz CT molecular complexity index is 622. The van der Waals surface area contributed by atoms with Gasteiger partial charge in [0.05, 0.1) is 5.69 Å². The van der Waals surface area contributed by atoms with E-state index in [0.717, 1.165) is 23.4 Å². The van der Waals surface area contributed by atoms with Gasteiger partial charge in [-0.3, -0.25) is 9.78 Å². The summed E-state index contributed by atoms with van der Waals surface area (Å²) < 4.78 is 0.503. The van der Waals surface area contributed by atoms with Crippen molar-refractivity contribution in [2.24, 2.45) is 0 Å². The Morgan fingerprint density at radius 3 is 2.78 bits per heavy atom. The van der Waals surface area contributed by atoms with Crippen molar-refractivity contribution < 1.29 is 0 Å². The zero-order valence-electron chi connectivity index (χ0n) is 10.3. The van der Waals surface area contributed by atoms with E-state index < -0.39 is 0 Å². The number of pyridine rings is 1. The molecule has 0 saturated carbocycles. The summed E-state index contributed by atoms with van der Waals surface area (Å²) in [5.74, 6) is 0.539. The molecule has 0 aromatic carbocycles. The van der Waals surface area contributed by atoms with E-state index in [1.54, 1.807) is 6.20 Å². The molecule has 0 fully saturated rings. The second-order valence-corrected chi connectivity index (χ2v) is 4.69. The number of rotatable bonds is 3. The third-order valence-electron chi connectivity index (χ3n) is 2.76. The fourth-order valence-corrected chi connectivity index (χ4v) is 2.26. The Labute approximate surface area is 114 Å². The van der Waals surface area contributed by atoms with Gasteiger partial charge in [-0.15, -0.1) is 0 Å². The number of H-pyrrole nitrogens is 1. The van der Waals surface area contributed by atoms with E-state index in [4.69, 9.17) is 0 Å². The van der Waals surface area contributed by atoms with E-state index in [0.29, 0.717) is 16.7 Å². The van der Waals surface area contributed by atoms with Crippen LogP contribution in [-0.4, -0.2) is 15.0 Å². The SMILES string of the molecule is CCc1cccnc1-c1nc(CC)c(Br)c(=O)[nH]1. The minimum Gasteiger partial charge on any atom is -0.304 e. The van der Waals surface area contributed by atoms with Gasteiger partial charge in [-0.1, -0.05) is 19.9 Å². The van der Waals surface area contributed by atoms with Gasteiger partial charge in [-0.2, -0.15) is 0 Å². The number of nitrogens with zero attached hydrogens (tertiary/aromatic N) is 2. The van der Waals surface area contributed by atoms with Crippen molar-refractivity contribution in [3.05, 3.63) is 44.4 Å². The first kappa shape index (κ1) is 13.0. The van der Waals surface area contributed by atoms with Gasteiger partial charge in [0.2, 0.25) is 0 Å². The van der Waals surface area contributed by atoms with Crippen LogP contribution in [0.2, 0.25) is 0 Å². The van der Waals surface area contributed by atoms with E-state index in [1.165, 1.54) is 0 Å². The molecule has 2 aromatic heterocycles. The largest absolute Gasteiger partial charge is 0.304 e. The van der Waals surface area contributed by atoms with Crippen molar-refractivity contribution in [1.29, 1.82) is 0 Å². The van der Waals surface area contributed by atoms with Crippen LogP contribution in [0.15, 0.2) is 27.6 Å². The molecule has 0 amide bonds. The first-order valence-electron chi connectivity index (χ1n) is 5.90. The van der Waals surface area contributed by atoms with Gasteiger partial charge in [-0.25, -0.2) is 4.98 Å². The summed E-state index contributed by atoms with van der Waals surface area (Å²) in [5.41, 5.74) is 2.41. The maximum absolute atomic E-state index is 11.8. The van der Waals surface area contributed by atoms with Crippen LogP contribution in [0, 0.1) is 0 Å². The van der Waals surface area contributed by atoms with Gasteiger partial charge in [0.1, 0.15) is 10.2 Å². The zero-order valence-corrected chi connectivity index (χ0v) is 11.9. The van der Waals surface area contributed by atoms with Crippen LogP contribution >= 0.6 is 15.9 Å². The van der Waals surface area contributed by atoms with Crippen molar-refractivity contribution in [3.8, 4) is 11.5 Å². The highest BCUT2D eigenvalue weighted by atomic mass is 79.9. The number of aromatic nitrogens is 3. The molecular formula is C13H14BrN3O. The lowest BCUT2D eigenvalue weighted by atomic mass is 10.1. The fraction of sp³-hybridized carbons (Fsp3) is 0.308. The average Bonchev–Trinajstić information content (AvgIpc) is 2.41. The van der Waals surface area contributed by atoms with Crippen LogP contribution in [0.4, 0.5) is 0 Å². The molecule has 0 aliphatic heterocycles. The fourth-order valence-electron chi connectivity index (χ4n) is 1.79. The summed E-state index contributed by atoms with van der Waals surface area (Å²) in [7, 11) is 0. The molecule has 5 heteroatoms. The van der Waals surface area contributed by atoms with Crippen molar-refractivity contribution in [2.45, 2.75) is 26.7 Å². The molecule has 4 nitrogen and oxygen atoms in total. The third-order valence-corrected chi connectivity index (χ3v) is 3.58. The monoisotopic (exact) mass is 307 g/mol. The van der Waals surface area contributed by atoms with Gasteiger partial charge in [0.25, 0.3) is 5.56 Å². The molecule has 0 spiro atoms. The number of halogens is 1. The van der Waals surface area contributed by atoms with Crippen LogP contribution in [0.3, 0.4) is 0 Å². The van der Waals surface area contributed by atoms with Gasteiger partial charge in [-0.05, 0) is 40.4 Å². The summed E-state index contributed by atoms with van der Waals surface area (Å²) in [6, 6.07) is 3.88. The average molecular weight is 308 g/mol. The highest BCUT2D eigenvalue weighted by Crippen LogP contribution is 2.19. The Morgan fingerprint density at radius 1 is 1.33 bits per heavy atom. The number of aromatic amines is 1. The molecule has 94 valence electrons. The van der Waals surface area contributed by atoms with E-state index in [1.807, 2.05) is 19.1 Å². The summed E-state index contributed by atoms with van der Waals surface area (Å²) in [5, 5.41) is 0. The Balaban J connectivity index is 2.64. The first-order chi connectivity index (χ1) is 8.67. The van der Waals surface area contributed by atoms with Crippen LogP contribution in [0.1, 0.15) is 25.1 Å². The number of aryl methyl sites for hydroxylation is 2. The number of nitrogens with one attached hydrogen (secondary N) is 1. The molecule has 0 saturated heterocycles. The predicted octanol–water partition coefficient (Wildman–Crippen LogP) is 2.72. The molecular weight excluding hydrogens is 294 g/mol. The Hall–Kier alpha value is -1.49. The highest BCUT2D eigenvalue weighted by molar-refractivity contribution is 9.10. The van der Waals surface area contributed by atoms with Crippen molar-refractivity contribution in [2.75, 3.05) is 0 Å². The Kier molecular flexibility index (Phi) is 3.91. The van der Waals surface area contributed by atoms with Crippen LogP contribution < -0.4 is 5.56 Å². The van der Waals surface area contributed by atoms with Crippen molar-refractivity contribution in [3.63, 3.8) is 0 Å². The van der Waals surface area contributed by atoms with E-state index in [2.05, 4.69) is 37.8 Å². The number of hydrogen-bond acceptors (Lipinski definition) is 3. The van der Waals surface area contributed by atoms with Crippen LogP contribution in [-0.2, 0) is 12.8 Å². The molecule has 0 radical (unpaired) electrons. The van der Waals surface area contributed by atoms with Gasteiger partial charge >= 0.3 is 0 Å². The molecule has 0 bridgehead atoms. The van der Waals surface area contributed by atoms with Crippen molar-refractivity contribution in [1.82, 2.24) is 15.0 Å². The van der Waals surface area contributed by atoms with E-state index >= 15 is 0 Å². The van der Waals surface area contributed by atoms with E-state index in [9.17, 15) is 4.79 Å². The lowest BCUT2D eigenvalue weighted by molar-refractivity contribution is 0.956. The smallest absolute Gasteiger partial charge is 0.265 e. The molecule has 18 heavy (non-hydrogen) atoms. The lowest BCUT2D eigenvalue weighted by Gasteiger charge is -2.07. The molecule has 2 heterocycles. The predicted molar refractivity (Wildman–Crippen MR) is 74.5 cm³/mol. The molecule has 0 aliphatic carbocycles. The van der Waals surface area contributed by atoms with Crippen LogP contribution in [0.25, 0.3) is 11.5 Å². The van der Waals surface area contributed by atoms with Crippen LogP contribution in [0.5, 0.6) is 0 Å². The van der Waals surface area contributed by atoms with Gasteiger partial charge in [0.15, 0.2) is 5.82 Å². The Morgan fingerprint density at radius 2 is 2.11 bits per heavy atom. The van der Waals surface area contributed by atoms with Gasteiger partial charge in [0, 0.05) is 6.20 Å². The molecule has 2 aromatic rings.